The van der Waals surface area contributed by atoms with Gasteiger partial charge < -0.3 is 5.73 Å². The third-order valence-electron chi connectivity index (χ3n) is 3.06. The molecule has 0 aliphatic rings. The smallest absolute Gasteiger partial charge is 0.172 e. The second-order valence-corrected chi connectivity index (χ2v) is 4.28. The summed E-state index contributed by atoms with van der Waals surface area (Å²) in [4.78, 5) is 16.5. The summed E-state index contributed by atoms with van der Waals surface area (Å²) in [5.74, 6) is 0.256. The Balaban J connectivity index is 1.98. The van der Waals surface area contributed by atoms with Gasteiger partial charge in [-0.05, 0) is 17.7 Å². The third-order valence-corrected chi connectivity index (χ3v) is 3.06. The Morgan fingerprint density at radius 3 is 2.89 bits per heavy atom. The largest absolute Gasteiger partial charge is 0.383 e. The first kappa shape index (κ1) is 11.4. The van der Waals surface area contributed by atoms with Crippen LogP contribution in [0.2, 0.25) is 0 Å². The Morgan fingerprint density at radius 1 is 1.26 bits per heavy atom. The SMILES string of the molecule is Nc1[nH]ncc1C(=O)Cc1ccnc2ccccc12. The molecular weight excluding hydrogens is 240 g/mol. The number of hydrogen-bond donors (Lipinski definition) is 2. The quantitative estimate of drug-likeness (QED) is 0.698. The lowest BCUT2D eigenvalue weighted by Gasteiger charge is -2.04. The molecule has 0 aliphatic carbocycles. The second-order valence-electron chi connectivity index (χ2n) is 4.28. The fraction of sp³-hybridized carbons (Fsp3) is 0.0714. The van der Waals surface area contributed by atoms with Crippen molar-refractivity contribution in [3.8, 4) is 0 Å². The summed E-state index contributed by atoms with van der Waals surface area (Å²) >= 11 is 0. The van der Waals surface area contributed by atoms with Crippen LogP contribution in [0.1, 0.15) is 15.9 Å². The van der Waals surface area contributed by atoms with E-state index in [1.165, 1.54) is 6.20 Å². The molecule has 19 heavy (non-hydrogen) atoms. The van der Waals surface area contributed by atoms with E-state index in [0.29, 0.717) is 11.4 Å². The fourth-order valence-corrected chi connectivity index (χ4v) is 2.10. The molecule has 3 aromatic rings. The van der Waals surface area contributed by atoms with Crippen LogP contribution in [0.5, 0.6) is 0 Å². The predicted molar refractivity (Wildman–Crippen MR) is 72.8 cm³/mol. The van der Waals surface area contributed by atoms with Crippen molar-refractivity contribution in [2.24, 2.45) is 0 Å². The van der Waals surface area contributed by atoms with E-state index in [1.54, 1.807) is 6.20 Å². The molecule has 0 atom stereocenters. The zero-order chi connectivity index (χ0) is 13.2. The highest BCUT2D eigenvalue weighted by atomic mass is 16.1. The summed E-state index contributed by atoms with van der Waals surface area (Å²) in [6.07, 6.45) is 3.46. The number of Topliss-reactive ketones (excluding diaryl/α,β-unsaturated/α-hetero) is 1. The normalized spacial score (nSPS) is 10.7. The number of para-hydroxylation sites is 1. The minimum absolute atomic E-state index is 0.0531. The number of ketones is 1. The van der Waals surface area contributed by atoms with Gasteiger partial charge in [0.1, 0.15) is 5.82 Å². The average Bonchev–Trinajstić information content (AvgIpc) is 2.85. The highest BCUT2D eigenvalue weighted by Gasteiger charge is 2.13. The number of pyridine rings is 1. The molecule has 0 unspecified atom stereocenters. The van der Waals surface area contributed by atoms with Crippen LogP contribution in [-0.4, -0.2) is 21.0 Å². The molecule has 5 heteroatoms. The lowest BCUT2D eigenvalue weighted by atomic mass is 10.0. The first-order valence-corrected chi connectivity index (χ1v) is 5.90. The molecule has 2 heterocycles. The van der Waals surface area contributed by atoms with E-state index < -0.39 is 0 Å². The van der Waals surface area contributed by atoms with Crippen LogP contribution in [-0.2, 0) is 6.42 Å². The molecule has 0 aliphatic heterocycles. The maximum atomic E-state index is 12.2. The van der Waals surface area contributed by atoms with Crippen molar-refractivity contribution < 1.29 is 4.79 Å². The van der Waals surface area contributed by atoms with E-state index in [-0.39, 0.29) is 12.2 Å². The van der Waals surface area contributed by atoms with Gasteiger partial charge in [-0.1, -0.05) is 18.2 Å². The Bertz CT molecular complexity index is 743. The van der Waals surface area contributed by atoms with Crippen LogP contribution in [0.3, 0.4) is 0 Å². The zero-order valence-corrected chi connectivity index (χ0v) is 10.1. The first-order valence-electron chi connectivity index (χ1n) is 5.90. The summed E-state index contributed by atoms with van der Waals surface area (Å²) in [5, 5.41) is 7.32. The van der Waals surface area contributed by atoms with Gasteiger partial charge in [0.25, 0.3) is 0 Å². The number of benzene rings is 1. The van der Waals surface area contributed by atoms with Crippen LogP contribution >= 0.6 is 0 Å². The van der Waals surface area contributed by atoms with Crippen molar-refractivity contribution in [2.45, 2.75) is 6.42 Å². The summed E-state index contributed by atoms with van der Waals surface area (Å²) in [5.41, 5.74) is 7.91. The molecule has 0 spiro atoms. The highest BCUT2D eigenvalue weighted by Crippen LogP contribution is 2.19. The van der Waals surface area contributed by atoms with Gasteiger partial charge in [0.15, 0.2) is 5.78 Å². The molecule has 0 radical (unpaired) electrons. The van der Waals surface area contributed by atoms with Crippen LogP contribution in [0, 0.1) is 0 Å². The minimum Gasteiger partial charge on any atom is -0.383 e. The summed E-state index contributed by atoms with van der Waals surface area (Å²) in [7, 11) is 0. The van der Waals surface area contributed by atoms with E-state index in [0.717, 1.165) is 16.5 Å². The number of nitrogens with one attached hydrogen (secondary N) is 1. The lowest BCUT2D eigenvalue weighted by Crippen LogP contribution is -2.06. The number of rotatable bonds is 3. The number of aromatic nitrogens is 3. The Kier molecular flexibility index (Phi) is 2.72. The molecule has 0 saturated heterocycles. The maximum Gasteiger partial charge on any atom is 0.172 e. The number of fused-ring (bicyclic) bond motifs is 1. The molecule has 0 saturated carbocycles. The third kappa shape index (κ3) is 2.06. The molecule has 0 fully saturated rings. The molecule has 0 amide bonds. The van der Waals surface area contributed by atoms with Crippen molar-refractivity contribution in [3.05, 3.63) is 53.9 Å². The fourth-order valence-electron chi connectivity index (χ4n) is 2.10. The van der Waals surface area contributed by atoms with E-state index in [2.05, 4.69) is 15.2 Å². The number of nitrogens with zero attached hydrogens (tertiary/aromatic N) is 2. The van der Waals surface area contributed by atoms with Crippen molar-refractivity contribution in [3.63, 3.8) is 0 Å². The number of H-pyrrole nitrogens is 1. The number of carbonyl (C=O) groups excluding carboxylic acids is 1. The molecule has 1 aromatic carbocycles. The van der Waals surface area contributed by atoms with E-state index in [1.807, 2.05) is 30.3 Å². The molecule has 3 rings (SSSR count). The molecule has 3 N–H and O–H groups in total. The predicted octanol–water partition coefficient (Wildman–Crippen LogP) is 1.97. The van der Waals surface area contributed by atoms with Crippen molar-refractivity contribution in [2.75, 3.05) is 5.73 Å². The van der Waals surface area contributed by atoms with Gasteiger partial charge in [-0.15, -0.1) is 0 Å². The maximum absolute atomic E-state index is 12.2. The summed E-state index contributed by atoms with van der Waals surface area (Å²) in [6, 6.07) is 9.61. The van der Waals surface area contributed by atoms with Crippen LogP contribution in [0.15, 0.2) is 42.7 Å². The van der Waals surface area contributed by atoms with Crippen LogP contribution in [0.4, 0.5) is 5.82 Å². The molecule has 2 aromatic heterocycles. The number of anilines is 1. The van der Waals surface area contributed by atoms with Crippen molar-refractivity contribution in [1.29, 1.82) is 0 Å². The molecule has 0 bridgehead atoms. The number of carbonyl (C=O) groups is 1. The Hall–Kier alpha value is -2.69. The number of nitrogen functional groups attached to an aromatic ring is 1. The zero-order valence-electron chi connectivity index (χ0n) is 10.1. The molecule has 94 valence electrons. The van der Waals surface area contributed by atoms with Crippen LogP contribution < -0.4 is 5.73 Å². The van der Waals surface area contributed by atoms with Gasteiger partial charge in [-0.2, -0.15) is 5.10 Å². The van der Waals surface area contributed by atoms with Gasteiger partial charge in [0.2, 0.25) is 0 Å². The van der Waals surface area contributed by atoms with E-state index >= 15 is 0 Å². The van der Waals surface area contributed by atoms with E-state index in [9.17, 15) is 4.79 Å². The molecular formula is C14H12N4O. The van der Waals surface area contributed by atoms with E-state index in [4.69, 9.17) is 5.73 Å². The monoisotopic (exact) mass is 252 g/mol. The van der Waals surface area contributed by atoms with Crippen LogP contribution in [0.25, 0.3) is 10.9 Å². The highest BCUT2D eigenvalue weighted by molar-refractivity contribution is 6.02. The van der Waals surface area contributed by atoms with Gasteiger partial charge in [0, 0.05) is 18.0 Å². The van der Waals surface area contributed by atoms with Gasteiger partial charge in [-0.25, -0.2) is 0 Å². The average molecular weight is 252 g/mol. The second kappa shape index (κ2) is 4.53. The lowest BCUT2D eigenvalue weighted by molar-refractivity contribution is 0.0994. The van der Waals surface area contributed by atoms with Crippen molar-refractivity contribution >= 4 is 22.5 Å². The van der Waals surface area contributed by atoms with Gasteiger partial charge in [-0.3, -0.25) is 14.9 Å². The number of aromatic amines is 1. The van der Waals surface area contributed by atoms with Gasteiger partial charge in [0.05, 0.1) is 17.3 Å². The minimum atomic E-state index is -0.0531. The number of hydrogen-bond acceptors (Lipinski definition) is 4. The topological polar surface area (TPSA) is 84.7 Å². The standard InChI is InChI=1S/C14H12N4O/c15-14-11(8-17-18-14)13(19)7-9-5-6-16-12-4-2-1-3-10(9)12/h1-6,8H,7H2,(H3,15,17,18). The van der Waals surface area contributed by atoms with Gasteiger partial charge >= 0.3 is 0 Å². The molecule has 5 nitrogen and oxygen atoms in total. The Morgan fingerprint density at radius 2 is 2.11 bits per heavy atom. The van der Waals surface area contributed by atoms with Crippen molar-refractivity contribution in [1.82, 2.24) is 15.2 Å². The Labute approximate surface area is 109 Å². The number of nitrogens with two attached hydrogens (primary N) is 1. The summed E-state index contributed by atoms with van der Waals surface area (Å²) < 4.78 is 0. The summed E-state index contributed by atoms with van der Waals surface area (Å²) in [6.45, 7) is 0. The first-order chi connectivity index (χ1) is 9.25.